The predicted molar refractivity (Wildman–Crippen MR) is 78.3 cm³/mol. The maximum atomic E-state index is 12.0. The molecule has 3 N–H and O–H groups in total. The van der Waals surface area contributed by atoms with Crippen molar-refractivity contribution in [3.63, 3.8) is 0 Å². The number of benzene rings is 1. The number of nitrogens with one attached hydrogen (secondary N) is 3. The van der Waals surface area contributed by atoms with Crippen molar-refractivity contribution in [1.82, 2.24) is 10.6 Å². The molecular weight excluding hydrogens is 254 g/mol. The van der Waals surface area contributed by atoms with Gasteiger partial charge in [0.2, 0.25) is 5.91 Å². The summed E-state index contributed by atoms with van der Waals surface area (Å²) in [5, 5.41) is 8.18. The average Bonchev–Trinajstić information content (AvgIpc) is 2.99. The number of rotatable bonds is 4. The Balaban J connectivity index is 1.91. The van der Waals surface area contributed by atoms with Crippen LogP contribution in [0.25, 0.3) is 0 Å². The summed E-state index contributed by atoms with van der Waals surface area (Å²) >= 11 is 0. The fraction of sp³-hybridized carbons (Fsp3) is 0.467. The van der Waals surface area contributed by atoms with Crippen molar-refractivity contribution in [2.75, 3.05) is 12.4 Å². The Bertz CT molecular complexity index is 482. The molecule has 1 fully saturated rings. The summed E-state index contributed by atoms with van der Waals surface area (Å²) in [5.74, 6) is 0.265. The Labute approximate surface area is 119 Å². The van der Waals surface area contributed by atoms with E-state index < -0.39 is 0 Å². The zero-order chi connectivity index (χ0) is 14.4. The van der Waals surface area contributed by atoms with E-state index in [-0.39, 0.29) is 17.9 Å². The van der Waals surface area contributed by atoms with E-state index in [9.17, 15) is 9.59 Å². The van der Waals surface area contributed by atoms with Crippen LogP contribution < -0.4 is 16.0 Å². The Morgan fingerprint density at radius 3 is 2.70 bits per heavy atom. The fourth-order valence-corrected chi connectivity index (χ4v) is 2.46. The van der Waals surface area contributed by atoms with Gasteiger partial charge in [-0.3, -0.25) is 4.79 Å². The third kappa shape index (κ3) is 3.98. The van der Waals surface area contributed by atoms with Crippen molar-refractivity contribution < 1.29 is 9.59 Å². The normalized spacial score (nSPS) is 14.8. The molecule has 20 heavy (non-hydrogen) atoms. The molecule has 1 aliphatic carbocycles. The van der Waals surface area contributed by atoms with E-state index in [1.807, 2.05) is 24.3 Å². The predicted octanol–water partition coefficient (Wildman–Crippen LogP) is 2.24. The van der Waals surface area contributed by atoms with Gasteiger partial charge in [0.25, 0.3) is 0 Å². The molecular formula is C15H21N3O2. The Morgan fingerprint density at radius 1 is 1.25 bits per heavy atom. The smallest absolute Gasteiger partial charge is 0.314 e. The second-order valence-corrected chi connectivity index (χ2v) is 5.10. The monoisotopic (exact) mass is 275 g/mol. The molecule has 5 nitrogen and oxygen atoms in total. The van der Waals surface area contributed by atoms with Gasteiger partial charge in [-0.05, 0) is 30.5 Å². The zero-order valence-corrected chi connectivity index (χ0v) is 11.7. The maximum absolute atomic E-state index is 12.0. The quantitative estimate of drug-likeness (QED) is 0.788. The lowest BCUT2D eigenvalue weighted by molar-refractivity contribution is -0.119. The number of anilines is 1. The van der Waals surface area contributed by atoms with E-state index in [1.165, 1.54) is 0 Å². The first-order valence-corrected chi connectivity index (χ1v) is 7.04. The second-order valence-electron chi connectivity index (χ2n) is 5.10. The van der Waals surface area contributed by atoms with Crippen molar-refractivity contribution >= 4 is 17.6 Å². The van der Waals surface area contributed by atoms with Crippen LogP contribution >= 0.6 is 0 Å². The van der Waals surface area contributed by atoms with E-state index >= 15 is 0 Å². The van der Waals surface area contributed by atoms with Gasteiger partial charge >= 0.3 is 6.03 Å². The third-order valence-corrected chi connectivity index (χ3v) is 3.60. The van der Waals surface area contributed by atoms with Crippen LogP contribution in [0.1, 0.15) is 31.2 Å². The van der Waals surface area contributed by atoms with Gasteiger partial charge in [0.1, 0.15) is 0 Å². The topological polar surface area (TPSA) is 70.2 Å². The van der Waals surface area contributed by atoms with Crippen LogP contribution in [-0.2, 0) is 11.3 Å². The van der Waals surface area contributed by atoms with E-state index in [0.29, 0.717) is 6.54 Å². The summed E-state index contributed by atoms with van der Waals surface area (Å²) in [6.45, 7) is 0.437. The molecule has 0 unspecified atom stereocenters. The maximum Gasteiger partial charge on any atom is 0.314 e. The fourth-order valence-electron chi connectivity index (χ4n) is 2.46. The van der Waals surface area contributed by atoms with Gasteiger partial charge in [-0.1, -0.05) is 25.0 Å². The van der Waals surface area contributed by atoms with Crippen LogP contribution in [0.3, 0.4) is 0 Å². The molecule has 0 heterocycles. The minimum atomic E-state index is -0.217. The zero-order valence-electron chi connectivity index (χ0n) is 11.7. The van der Waals surface area contributed by atoms with Gasteiger partial charge in [0.15, 0.2) is 0 Å². The minimum absolute atomic E-state index is 0.110. The van der Waals surface area contributed by atoms with Crippen LogP contribution in [0.5, 0.6) is 0 Å². The van der Waals surface area contributed by atoms with E-state index in [0.717, 1.165) is 36.9 Å². The molecule has 0 saturated heterocycles. The molecule has 0 atom stereocenters. The van der Waals surface area contributed by atoms with Gasteiger partial charge in [-0.25, -0.2) is 4.79 Å². The molecule has 0 aromatic heterocycles. The first-order chi connectivity index (χ1) is 9.69. The molecule has 0 aliphatic heterocycles. The first-order valence-electron chi connectivity index (χ1n) is 7.04. The third-order valence-electron chi connectivity index (χ3n) is 3.60. The number of hydrogen-bond donors (Lipinski definition) is 3. The van der Waals surface area contributed by atoms with Gasteiger partial charge in [-0.2, -0.15) is 0 Å². The van der Waals surface area contributed by atoms with Crippen molar-refractivity contribution in [2.45, 2.75) is 32.2 Å². The minimum Gasteiger partial charge on any atom is -0.341 e. The van der Waals surface area contributed by atoms with Crippen LogP contribution in [-0.4, -0.2) is 19.0 Å². The molecule has 0 spiro atoms. The number of carbonyl (C=O) groups is 2. The molecule has 0 bridgehead atoms. The van der Waals surface area contributed by atoms with Gasteiger partial charge < -0.3 is 16.0 Å². The first kappa shape index (κ1) is 14.4. The standard InChI is InChI=1S/C15H21N3O2/c1-16-15(20)17-10-11-5-4-8-13(9-11)18-14(19)12-6-2-3-7-12/h4-5,8-9,12H,2-3,6-7,10H2,1H3,(H,18,19)(H2,16,17,20). The summed E-state index contributed by atoms with van der Waals surface area (Å²) in [7, 11) is 1.58. The Kier molecular flexibility index (Phi) is 4.98. The van der Waals surface area contributed by atoms with Crippen molar-refractivity contribution in [3.05, 3.63) is 29.8 Å². The highest BCUT2D eigenvalue weighted by Crippen LogP contribution is 2.26. The van der Waals surface area contributed by atoms with Crippen molar-refractivity contribution in [2.24, 2.45) is 5.92 Å². The summed E-state index contributed by atoms with van der Waals surface area (Å²) < 4.78 is 0. The lowest BCUT2D eigenvalue weighted by Gasteiger charge is -2.11. The van der Waals surface area contributed by atoms with Crippen molar-refractivity contribution in [1.29, 1.82) is 0 Å². The van der Waals surface area contributed by atoms with Crippen LogP contribution in [0.2, 0.25) is 0 Å². The molecule has 2 rings (SSSR count). The molecule has 1 aromatic carbocycles. The highest BCUT2D eigenvalue weighted by atomic mass is 16.2. The summed E-state index contributed by atoms with van der Waals surface area (Å²) in [6, 6.07) is 7.34. The largest absolute Gasteiger partial charge is 0.341 e. The number of amides is 3. The molecule has 1 saturated carbocycles. The number of carbonyl (C=O) groups excluding carboxylic acids is 2. The summed E-state index contributed by atoms with van der Waals surface area (Å²) in [5.41, 5.74) is 1.75. The number of urea groups is 1. The summed E-state index contributed by atoms with van der Waals surface area (Å²) in [4.78, 5) is 23.2. The molecule has 1 aliphatic rings. The lowest BCUT2D eigenvalue weighted by atomic mass is 10.1. The molecule has 1 aromatic rings. The highest BCUT2D eigenvalue weighted by Gasteiger charge is 2.22. The van der Waals surface area contributed by atoms with Crippen LogP contribution in [0, 0.1) is 5.92 Å². The van der Waals surface area contributed by atoms with E-state index in [2.05, 4.69) is 16.0 Å². The Hall–Kier alpha value is -2.04. The van der Waals surface area contributed by atoms with Gasteiger partial charge in [0, 0.05) is 25.2 Å². The molecule has 0 radical (unpaired) electrons. The lowest BCUT2D eigenvalue weighted by Crippen LogP contribution is -2.32. The molecule has 108 valence electrons. The van der Waals surface area contributed by atoms with Gasteiger partial charge in [0.05, 0.1) is 0 Å². The summed E-state index contributed by atoms with van der Waals surface area (Å²) in [6.07, 6.45) is 4.27. The molecule has 5 heteroatoms. The molecule has 3 amide bonds. The number of hydrogen-bond acceptors (Lipinski definition) is 2. The van der Waals surface area contributed by atoms with E-state index in [4.69, 9.17) is 0 Å². The second kappa shape index (κ2) is 6.93. The van der Waals surface area contributed by atoms with Crippen LogP contribution in [0.4, 0.5) is 10.5 Å². The van der Waals surface area contributed by atoms with Gasteiger partial charge in [-0.15, -0.1) is 0 Å². The Morgan fingerprint density at radius 2 is 2.00 bits per heavy atom. The van der Waals surface area contributed by atoms with Crippen molar-refractivity contribution in [3.8, 4) is 0 Å². The van der Waals surface area contributed by atoms with E-state index in [1.54, 1.807) is 7.05 Å². The highest BCUT2D eigenvalue weighted by molar-refractivity contribution is 5.92. The average molecular weight is 275 g/mol. The van der Waals surface area contributed by atoms with Crippen LogP contribution in [0.15, 0.2) is 24.3 Å². The SMILES string of the molecule is CNC(=O)NCc1cccc(NC(=O)C2CCCC2)c1.